The van der Waals surface area contributed by atoms with Gasteiger partial charge in [0.2, 0.25) is 5.91 Å². The first kappa shape index (κ1) is 10.9. The summed E-state index contributed by atoms with van der Waals surface area (Å²) in [6.07, 6.45) is 6.10. The summed E-state index contributed by atoms with van der Waals surface area (Å²) in [5.74, 6) is 1.10. The van der Waals surface area contributed by atoms with E-state index in [4.69, 9.17) is 0 Å². The van der Waals surface area contributed by atoms with Crippen LogP contribution in [0.1, 0.15) is 39.0 Å². The molecular formula is C12H22N2O. The molecule has 1 aliphatic heterocycles. The van der Waals surface area contributed by atoms with Crippen molar-refractivity contribution >= 4 is 5.91 Å². The lowest BCUT2D eigenvalue weighted by molar-refractivity contribution is -0.135. The van der Waals surface area contributed by atoms with Gasteiger partial charge < -0.3 is 10.2 Å². The zero-order chi connectivity index (χ0) is 10.8. The number of likely N-dealkylation sites (tertiary alicyclic amines) is 1. The molecule has 3 nitrogen and oxygen atoms in total. The van der Waals surface area contributed by atoms with Crippen molar-refractivity contribution in [2.75, 3.05) is 13.6 Å². The van der Waals surface area contributed by atoms with Crippen LogP contribution in [0.2, 0.25) is 0 Å². The molecule has 2 rings (SSSR count). The highest BCUT2D eigenvalue weighted by Gasteiger charge is 2.39. The van der Waals surface area contributed by atoms with Crippen LogP contribution < -0.4 is 5.32 Å². The maximum Gasteiger partial charge on any atom is 0.239 e. The topological polar surface area (TPSA) is 32.3 Å². The summed E-state index contributed by atoms with van der Waals surface area (Å²) in [4.78, 5) is 14.3. The predicted molar refractivity (Wildman–Crippen MR) is 60.6 cm³/mol. The van der Waals surface area contributed by atoms with E-state index in [9.17, 15) is 4.79 Å². The van der Waals surface area contributed by atoms with Gasteiger partial charge in [0.05, 0.1) is 6.04 Å². The van der Waals surface area contributed by atoms with E-state index in [-0.39, 0.29) is 6.04 Å². The largest absolute Gasteiger partial charge is 0.338 e. The first-order valence-corrected chi connectivity index (χ1v) is 6.25. The van der Waals surface area contributed by atoms with Gasteiger partial charge >= 0.3 is 0 Å². The van der Waals surface area contributed by atoms with Crippen LogP contribution >= 0.6 is 0 Å². The fraction of sp³-hybridized carbons (Fsp3) is 0.917. The molecule has 3 unspecified atom stereocenters. The Morgan fingerprint density at radius 3 is 2.80 bits per heavy atom. The van der Waals surface area contributed by atoms with E-state index in [0.29, 0.717) is 11.9 Å². The van der Waals surface area contributed by atoms with Crippen LogP contribution in [0, 0.1) is 5.92 Å². The highest BCUT2D eigenvalue weighted by atomic mass is 16.2. The van der Waals surface area contributed by atoms with Crippen LogP contribution in [0.15, 0.2) is 0 Å². The van der Waals surface area contributed by atoms with E-state index in [2.05, 4.69) is 17.1 Å². The zero-order valence-corrected chi connectivity index (χ0v) is 9.83. The van der Waals surface area contributed by atoms with Gasteiger partial charge in [-0.05, 0) is 45.6 Å². The quantitative estimate of drug-likeness (QED) is 0.747. The predicted octanol–water partition coefficient (Wildman–Crippen LogP) is 1.39. The summed E-state index contributed by atoms with van der Waals surface area (Å²) in [7, 11) is 1.90. The normalized spacial score (nSPS) is 36.5. The Bertz CT molecular complexity index is 242. The Balaban J connectivity index is 2.17. The number of likely N-dealkylation sites (N-methyl/N-ethyl adjacent to an activating group) is 2. The molecule has 15 heavy (non-hydrogen) atoms. The molecule has 0 aromatic carbocycles. The second-order valence-corrected chi connectivity index (χ2v) is 4.80. The maximum absolute atomic E-state index is 12.2. The lowest BCUT2D eigenvalue weighted by Crippen LogP contribution is -2.47. The highest BCUT2D eigenvalue weighted by Crippen LogP contribution is 2.36. The van der Waals surface area contributed by atoms with Crippen molar-refractivity contribution in [3.8, 4) is 0 Å². The standard InChI is InChI=1S/C12H22N2O/c1-3-14-11-6-4-5-9(11)7-8-10(13-2)12(14)15/h9-11,13H,3-8H2,1-2H3. The summed E-state index contributed by atoms with van der Waals surface area (Å²) in [5, 5.41) is 3.16. The van der Waals surface area contributed by atoms with Crippen molar-refractivity contribution in [1.29, 1.82) is 0 Å². The first-order valence-electron chi connectivity index (χ1n) is 6.25. The molecule has 1 saturated heterocycles. The van der Waals surface area contributed by atoms with E-state index in [0.717, 1.165) is 18.9 Å². The van der Waals surface area contributed by atoms with Crippen LogP contribution in [-0.2, 0) is 4.79 Å². The van der Waals surface area contributed by atoms with Gasteiger partial charge in [-0.2, -0.15) is 0 Å². The average molecular weight is 210 g/mol. The Morgan fingerprint density at radius 2 is 2.13 bits per heavy atom. The van der Waals surface area contributed by atoms with Crippen molar-refractivity contribution in [3.05, 3.63) is 0 Å². The number of carbonyl (C=O) groups is 1. The molecule has 0 radical (unpaired) electrons. The molecule has 0 bridgehead atoms. The second-order valence-electron chi connectivity index (χ2n) is 4.80. The smallest absolute Gasteiger partial charge is 0.239 e. The van der Waals surface area contributed by atoms with Gasteiger partial charge in [0, 0.05) is 12.6 Å². The van der Waals surface area contributed by atoms with Crippen molar-refractivity contribution in [2.45, 2.75) is 51.1 Å². The Kier molecular flexibility index (Phi) is 3.29. The minimum absolute atomic E-state index is 0.0653. The van der Waals surface area contributed by atoms with Crippen LogP contribution in [-0.4, -0.2) is 36.5 Å². The van der Waals surface area contributed by atoms with Crippen LogP contribution in [0.3, 0.4) is 0 Å². The number of amides is 1. The van der Waals surface area contributed by atoms with Gasteiger partial charge in [0.25, 0.3) is 0 Å². The number of hydrogen-bond donors (Lipinski definition) is 1. The molecule has 1 N–H and O–H groups in total. The fourth-order valence-electron chi connectivity index (χ4n) is 3.29. The minimum Gasteiger partial charge on any atom is -0.338 e. The molecule has 86 valence electrons. The number of nitrogens with one attached hydrogen (secondary N) is 1. The first-order chi connectivity index (χ1) is 7.27. The van der Waals surface area contributed by atoms with Gasteiger partial charge in [0.1, 0.15) is 0 Å². The number of carbonyl (C=O) groups excluding carboxylic acids is 1. The number of fused-ring (bicyclic) bond motifs is 1. The lowest BCUT2D eigenvalue weighted by Gasteiger charge is -2.30. The SMILES string of the molecule is CCN1C(=O)C(NC)CCC2CCCC21. The summed E-state index contributed by atoms with van der Waals surface area (Å²) in [5.41, 5.74) is 0. The van der Waals surface area contributed by atoms with Crippen molar-refractivity contribution in [3.63, 3.8) is 0 Å². The Morgan fingerprint density at radius 1 is 1.33 bits per heavy atom. The van der Waals surface area contributed by atoms with Crippen LogP contribution in [0.4, 0.5) is 0 Å². The zero-order valence-electron chi connectivity index (χ0n) is 9.83. The molecule has 1 saturated carbocycles. The van der Waals surface area contributed by atoms with Crippen LogP contribution in [0.5, 0.6) is 0 Å². The molecule has 2 fully saturated rings. The molecule has 1 heterocycles. The van der Waals surface area contributed by atoms with Crippen molar-refractivity contribution in [2.24, 2.45) is 5.92 Å². The molecule has 0 aromatic rings. The van der Waals surface area contributed by atoms with Gasteiger partial charge in [0.15, 0.2) is 0 Å². The second kappa shape index (κ2) is 4.52. The Labute approximate surface area is 92.2 Å². The summed E-state index contributed by atoms with van der Waals surface area (Å²) < 4.78 is 0. The number of rotatable bonds is 2. The maximum atomic E-state index is 12.2. The monoisotopic (exact) mass is 210 g/mol. The molecule has 3 atom stereocenters. The molecule has 1 aliphatic carbocycles. The molecule has 0 spiro atoms. The summed E-state index contributed by atoms with van der Waals surface area (Å²) >= 11 is 0. The molecule has 2 aliphatic rings. The van der Waals surface area contributed by atoms with E-state index in [1.54, 1.807) is 0 Å². The lowest BCUT2D eigenvalue weighted by atomic mass is 9.97. The third-order valence-corrected chi connectivity index (χ3v) is 4.12. The Hall–Kier alpha value is -0.570. The number of hydrogen-bond acceptors (Lipinski definition) is 2. The van der Waals surface area contributed by atoms with E-state index < -0.39 is 0 Å². The summed E-state index contributed by atoms with van der Waals surface area (Å²) in [6, 6.07) is 0.608. The van der Waals surface area contributed by atoms with Gasteiger partial charge in [-0.15, -0.1) is 0 Å². The van der Waals surface area contributed by atoms with Gasteiger partial charge in [-0.25, -0.2) is 0 Å². The van der Waals surface area contributed by atoms with Crippen molar-refractivity contribution < 1.29 is 4.79 Å². The average Bonchev–Trinajstić information content (AvgIpc) is 2.64. The van der Waals surface area contributed by atoms with E-state index in [1.165, 1.54) is 25.7 Å². The highest BCUT2D eigenvalue weighted by molar-refractivity contribution is 5.82. The molecule has 3 heteroatoms. The third kappa shape index (κ3) is 1.89. The third-order valence-electron chi connectivity index (χ3n) is 4.12. The summed E-state index contributed by atoms with van der Waals surface area (Å²) in [6.45, 7) is 2.98. The van der Waals surface area contributed by atoms with E-state index >= 15 is 0 Å². The molecule has 0 aromatic heterocycles. The fourth-order valence-corrected chi connectivity index (χ4v) is 3.29. The molecular weight excluding hydrogens is 188 g/mol. The van der Waals surface area contributed by atoms with Gasteiger partial charge in [-0.3, -0.25) is 4.79 Å². The van der Waals surface area contributed by atoms with Crippen LogP contribution in [0.25, 0.3) is 0 Å². The van der Waals surface area contributed by atoms with Gasteiger partial charge in [-0.1, -0.05) is 6.42 Å². The molecule has 1 amide bonds. The van der Waals surface area contributed by atoms with E-state index in [1.807, 2.05) is 7.05 Å². The minimum atomic E-state index is 0.0653. The van der Waals surface area contributed by atoms with Crippen molar-refractivity contribution in [1.82, 2.24) is 10.2 Å². The number of nitrogens with zero attached hydrogens (tertiary/aromatic N) is 1.